The van der Waals surface area contributed by atoms with E-state index in [1.807, 2.05) is 7.05 Å². The van der Waals surface area contributed by atoms with Crippen LogP contribution in [-0.4, -0.2) is 9.55 Å². The molecule has 0 aliphatic carbocycles. The van der Waals surface area contributed by atoms with E-state index in [2.05, 4.69) is 20.9 Å². The van der Waals surface area contributed by atoms with Crippen molar-refractivity contribution in [3.8, 4) is 11.4 Å². The summed E-state index contributed by atoms with van der Waals surface area (Å²) in [6.07, 6.45) is 0. The van der Waals surface area contributed by atoms with Crippen LogP contribution in [0.4, 0.5) is 4.39 Å². The average Bonchev–Trinajstić information content (AvgIpc) is 2.55. The fourth-order valence-corrected chi connectivity index (χ4v) is 2.20. The number of benzene rings is 1. The molecule has 2 aromatic rings. The molecule has 0 saturated heterocycles. The van der Waals surface area contributed by atoms with E-state index >= 15 is 0 Å². The lowest BCUT2D eigenvalue weighted by Gasteiger charge is -2.05. The van der Waals surface area contributed by atoms with Crippen molar-refractivity contribution in [1.29, 1.82) is 0 Å². The number of nitrogens with zero attached hydrogens (tertiary/aromatic N) is 2. The molecule has 0 unspecified atom stereocenters. The fourth-order valence-electron chi connectivity index (χ4n) is 1.60. The summed E-state index contributed by atoms with van der Waals surface area (Å²) in [5.41, 5.74) is 6.92. The molecule has 1 aromatic carbocycles. The molecule has 16 heavy (non-hydrogen) atoms. The smallest absolute Gasteiger partial charge is 0.144 e. The van der Waals surface area contributed by atoms with Crippen LogP contribution >= 0.6 is 15.9 Å². The Morgan fingerprint density at radius 2 is 2.12 bits per heavy atom. The number of hydrogen-bond donors (Lipinski definition) is 1. The summed E-state index contributed by atoms with van der Waals surface area (Å²) in [7, 11) is 1.82. The van der Waals surface area contributed by atoms with Gasteiger partial charge in [-0.1, -0.05) is 12.1 Å². The van der Waals surface area contributed by atoms with Gasteiger partial charge in [0, 0.05) is 13.6 Å². The minimum absolute atomic E-state index is 0.285. The van der Waals surface area contributed by atoms with Gasteiger partial charge in [0.25, 0.3) is 0 Å². The molecule has 1 heterocycles. The number of aromatic nitrogens is 2. The molecule has 2 rings (SSSR count). The first kappa shape index (κ1) is 11.3. The number of rotatable bonds is 2. The number of halogens is 2. The van der Waals surface area contributed by atoms with Gasteiger partial charge in [0.15, 0.2) is 0 Å². The zero-order valence-electron chi connectivity index (χ0n) is 8.74. The van der Waals surface area contributed by atoms with E-state index in [4.69, 9.17) is 5.73 Å². The van der Waals surface area contributed by atoms with Crippen molar-refractivity contribution in [3.05, 3.63) is 40.4 Å². The van der Waals surface area contributed by atoms with E-state index in [-0.39, 0.29) is 5.82 Å². The lowest BCUT2D eigenvalue weighted by molar-refractivity contribution is 0.628. The summed E-state index contributed by atoms with van der Waals surface area (Å²) in [5, 5.41) is 0. The van der Waals surface area contributed by atoms with Gasteiger partial charge in [0.05, 0.1) is 11.3 Å². The van der Waals surface area contributed by atoms with Gasteiger partial charge in [-0.25, -0.2) is 9.37 Å². The molecular formula is C11H11BrFN3. The van der Waals surface area contributed by atoms with Crippen molar-refractivity contribution in [2.45, 2.75) is 6.54 Å². The molecule has 0 aliphatic heterocycles. The first-order valence-corrected chi connectivity index (χ1v) is 5.60. The Hall–Kier alpha value is -1.20. The third-order valence-electron chi connectivity index (χ3n) is 2.47. The number of nitrogens with two attached hydrogens (primary N) is 1. The Morgan fingerprint density at radius 1 is 1.44 bits per heavy atom. The molecule has 0 bridgehead atoms. The van der Waals surface area contributed by atoms with Crippen LogP contribution in [0.2, 0.25) is 0 Å². The van der Waals surface area contributed by atoms with Crippen molar-refractivity contribution in [1.82, 2.24) is 9.55 Å². The summed E-state index contributed by atoms with van der Waals surface area (Å²) in [6.45, 7) is 0.360. The van der Waals surface area contributed by atoms with Crippen LogP contribution in [0.1, 0.15) is 5.69 Å². The second-order valence-electron chi connectivity index (χ2n) is 3.42. The van der Waals surface area contributed by atoms with Gasteiger partial charge >= 0.3 is 0 Å². The Bertz CT molecular complexity index is 522. The fraction of sp³-hybridized carbons (Fsp3) is 0.182. The highest BCUT2D eigenvalue weighted by Gasteiger charge is 2.15. The maximum absolute atomic E-state index is 13.6. The monoisotopic (exact) mass is 283 g/mol. The topological polar surface area (TPSA) is 43.8 Å². The predicted octanol–water partition coefficient (Wildman–Crippen LogP) is 2.45. The predicted molar refractivity (Wildman–Crippen MR) is 64.2 cm³/mol. The van der Waals surface area contributed by atoms with E-state index in [0.717, 1.165) is 5.69 Å². The maximum Gasteiger partial charge on any atom is 0.144 e. The van der Waals surface area contributed by atoms with Crippen molar-refractivity contribution in [3.63, 3.8) is 0 Å². The van der Waals surface area contributed by atoms with Crippen molar-refractivity contribution < 1.29 is 4.39 Å². The van der Waals surface area contributed by atoms with Gasteiger partial charge in [-0.3, -0.25) is 0 Å². The standard InChI is InChI=1S/C11H11BrFN3/c1-16-9(6-14)10(12)15-11(16)7-4-2-3-5-8(7)13/h2-5H,6,14H2,1H3. The minimum atomic E-state index is -0.285. The van der Waals surface area contributed by atoms with Crippen LogP contribution in [-0.2, 0) is 13.6 Å². The zero-order chi connectivity index (χ0) is 11.7. The van der Waals surface area contributed by atoms with Crippen molar-refractivity contribution >= 4 is 15.9 Å². The highest BCUT2D eigenvalue weighted by atomic mass is 79.9. The van der Waals surface area contributed by atoms with Crippen LogP contribution in [0.3, 0.4) is 0 Å². The van der Waals surface area contributed by atoms with Gasteiger partial charge in [0.2, 0.25) is 0 Å². The lowest BCUT2D eigenvalue weighted by Crippen LogP contribution is -2.05. The summed E-state index contributed by atoms with van der Waals surface area (Å²) in [6, 6.07) is 6.55. The minimum Gasteiger partial charge on any atom is -0.329 e. The Balaban J connectivity index is 2.62. The van der Waals surface area contributed by atoms with Gasteiger partial charge in [-0.2, -0.15) is 0 Å². The van der Waals surface area contributed by atoms with Crippen LogP contribution in [0.25, 0.3) is 11.4 Å². The van der Waals surface area contributed by atoms with E-state index in [0.29, 0.717) is 22.5 Å². The third kappa shape index (κ3) is 1.76. The molecular weight excluding hydrogens is 273 g/mol. The molecule has 0 spiro atoms. The molecule has 1 aromatic heterocycles. The largest absolute Gasteiger partial charge is 0.329 e. The van der Waals surface area contributed by atoms with Gasteiger partial charge in [-0.05, 0) is 28.1 Å². The number of hydrogen-bond acceptors (Lipinski definition) is 2. The van der Waals surface area contributed by atoms with E-state index in [1.54, 1.807) is 22.8 Å². The molecule has 0 amide bonds. The lowest BCUT2D eigenvalue weighted by atomic mass is 10.2. The molecule has 2 N–H and O–H groups in total. The summed E-state index contributed by atoms with van der Waals surface area (Å²) in [4.78, 5) is 4.27. The quantitative estimate of drug-likeness (QED) is 0.920. The molecule has 0 aliphatic rings. The molecule has 0 atom stereocenters. The van der Waals surface area contributed by atoms with Gasteiger partial charge in [-0.15, -0.1) is 0 Å². The highest BCUT2D eigenvalue weighted by molar-refractivity contribution is 9.10. The molecule has 0 saturated carbocycles. The van der Waals surface area contributed by atoms with Crippen LogP contribution in [0.15, 0.2) is 28.9 Å². The molecule has 0 radical (unpaired) electrons. The third-order valence-corrected chi connectivity index (χ3v) is 3.11. The molecule has 0 fully saturated rings. The Labute approximate surface area is 101 Å². The highest BCUT2D eigenvalue weighted by Crippen LogP contribution is 2.26. The van der Waals surface area contributed by atoms with E-state index in [9.17, 15) is 4.39 Å². The van der Waals surface area contributed by atoms with Crippen molar-refractivity contribution in [2.24, 2.45) is 12.8 Å². The Morgan fingerprint density at radius 3 is 2.69 bits per heavy atom. The second kappa shape index (κ2) is 4.35. The molecule has 5 heteroatoms. The van der Waals surface area contributed by atoms with Crippen LogP contribution < -0.4 is 5.73 Å². The zero-order valence-corrected chi connectivity index (χ0v) is 10.3. The van der Waals surface area contributed by atoms with Crippen LogP contribution in [0, 0.1) is 5.82 Å². The SMILES string of the molecule is Cn1c(-c2ccccc2F)nc(Br)c1CN. The number of imidazole rings is 1. The maximum atomic E-state index is 13.6. The van der Waals surface area contributed by atoms with Crippen LogP contribution in [0.5, 0.6) is 0 Å². The summed E-state index contributed by atoms with van der Waals surface area (Å²) in [5.74, 6) is 0.289. The van der Waals surface area contributed by atoms with E-state index < -0.39 is 0 Å². The molecule has 3 nitrogen and oxygen atoms in total. The first-order chi connectivity index (χ1) is 7.65. The molecule has 84 valence electrons. The summed E-state index contributed by atoms with van der Waals surface area (Å²) < 4.78 is 16.1. The normalized spacial score (nSPS) is 10.8. The van der Waals surface area contributed by atoms with Gasteiger partial charge in [0.1, 0.15) is 16.2 Å². The van der Waals surface area contributed by atoms with E-state index in [1.165, 1.54) is 6.07 Å². The summed E-state index contributed by atoms with van der Waals surface area (Å²) >= 11 is 3.32. The Kier molecular flexibility index (Phi) is 3.07. The average molecular weight is 284 g/mol. The van der Waals surface area contributed by atoms with Gasteiger partial charge < -0.3 is 10.3 Å². The second-order valence-corrected chi connectivity index (χ2v) is 4.17. The van der Waals surface area contributed by atoms with Crippen molar-refractivity contribution in [2.75, 3.05) is 0 Å². The first-order valence-electron chi connectivity index (χ1n) is 4.81.